The van der Waals surface area contributed by atoms with Gasteiger partial charge in [-0.3, -0.25) is 14.5 Å². The zero-order valence-corrected chi connectivity index (χ0v) is 15.7. The van der Waals surface area contributed by atoms with Crippen LogP contribution in [0.5, 0.6) is 0 Å². The lowest BCUT2D eigenvalue weighted by Gasteiger charge is -2.19. The molecule has 1 saturated heterocycles. The lowest BCUT2D eigenvalue weighted by Crippen LogP contribution is -2.35. The van der Waals surface area contributed by atoms with E-state index in [0.29, 0.717) is 30.7 Å². The van der Waals surface area contributed by atoms with Gasteiger partial charge >= 0.3 is 0 Å². The summed E-state index contributed by atoms with van der Waals surface area (Å²) in [5.41, 5.74) is 0.991. The molecule has 3 rings (SSSR count). The molecule has 1 aromatic rings. The van der Waals surface area contributed by atoms with Crippen molar-refractivity contribution in [2.45, 2.75) is 63.3 Å². The summed E-state index contributed by atoms with van der Waals surface area (Å²) in [6, 6.07) is 6.35. The highest BCUT2D eigenvalue weighted by Gasteiger charge is 2.40. The molecule has 1 N–H and O–H groups in total. The fourth-order valence-corrected chi connectivity index (χ4v) is 3.68. The molecule has 27 heavy (non-hydrogen) atoms. The fourth-order valence-electron chi connectivity index (χ4n) is 3.68. The molecule has 0 aromatic heterocycles. The van der Waals surface area contributed by atoms with Gasteiger partial charge in [0.2, 0.25) is 0 Å². The predicted molar refractivity (Wildman–Crippen MR) is 101 cm³/mol. The average molecular weight is 371 g/mol. The number of nitrogens with zero attached hydrogens (tertiary/aromatic N) is 1. The predicted octanol–water partition coefficient (Wildman–Crippen LogP) is 1.89. The van der Waals surface area contributed by atoms with Crippen LogP contribution in [0.4, 0.5) is 0 Å². The van der Waals surface area contributed by atoms with Gasteiger partial charge in [0.25, 0.3) is 11.8 Å². The van der Waals surface area contributed by atoms with Crippen LogP contribution in [0, 0.1) is 0 Å². The molecule has 1 aromatic carbocycles. The molecule has 2 aliphatic rings. The van der Waals surface area contributed by atoms with Crippen molar-refractivity contribution in [1.29, 1.82) is 0 Å². The second-order valence-corrected chi connectivity index (χ2v) is 7.10. The number of unbranched alkanes of at least 4 members (excludes halogenated alkanes) is 3. The standard InChI is InChI=1S/C20H26BNO5/c1-2-15-16(23)17(18(21)27-15)26-12-8-4-3-7-11-22-19(24)13-9-5-6-10-14(13)20(22)25/h5-6,9-10,15-18,23H,2-4,7-8,11-12H2,1H3/t15-,16+,17?,18-/m0/s1. The van der Waals surface area contributed by atoms with Crippen molar-refractivity contribution < 1.29 is 24.2 Å². The molecule has 2 amide bonds. The smallest absolute Gasteiger partial charge is 0.261 e. The van der Waals surface area contributed by atoms with Crippen LogP contribution in [0.1, 0.15) is 59.7 Å². The third-order valence-corrected chi connectivity index (χ3v) is 5.24. The number of carbonyl (C=O) groups is 2. The minimum absolute atomic E-state index is 0.200. The van der Waals surface area contributed by atoms with Crippen molar-refractivity contribution >= 4 is 19.7 Å². The van der Waals surface area contributed by atoms with Gasteiger partial charge in [-0.2, -0.15) is 0 Å². The quantitative estimate of drug-likeness (QED) is 0.408. The molecule has 2 radical (unpaired) electrons. The van der Waals surface area contributed by atoms with Gasteiger partial charge in [0, 0.05) is 19.2 Å². The number of ether oxygens (including phenoxy) is 2. The van der Waals surface area contributed by atoms with E-state index in [-0.39, 0.29) is 17.9 Å². The Kier molecular flexibility index (Phi) is 6.68. The largest absolute Gasteiger partial charge is 0.388 e. The Morgan fingerprint density at radius 2 is 1.74 bits per heavy atom. The Hall–Kier alpha value is -1.70. The minimum atomic E-state index is -0.682. The van der Waals surface area contributed by atoms with Crippen LogP contribution >= 0.6 is 0 Å². The number of aliphatic hydroxyl groups is 1. The highest BCUT2D eigenvalue weighted by atomic mass is 16.6. The van der Waals surface area contributed by atoms with Crippen molar-refractivity contribution in [3.05, 3.63) is 35.4 Å². The number of fused-ring (bicyclic) bond motifs is 1. The minimum Gasteiger partial charge on any atom is -0.388 e. The van der Waals surface area contributed by atoms with Gasteiger partial charge in [0.1, 0.15) is 20.1 Å². The molecule has 2 aliphatic heterocycles. The SMILES string of the molecule is [B][C@H]1O[C@@H](CC)[C@@H](O)C1OCCCCCCN1C(=O)c2ccccc2C1=O. The molecule has 2 heterocycles. The van der Waals surface area contributed by atoms with Crippen LogP contribution in [-0.4, -0.2) is 67.1 Å². The summed E-state index contributed by atoms with van der Waals surface area (Å²) in [6.07, 6.45) is 2.68. The third kappa shape index (κ3) is 4.26. The van der Waals surface area contributed by atoms with Gasteiger partial charge in [-0.05, 0) is 31.4 Å². The number of rotatable bonds is 9. The van der Waals surface area contributed by atoms with E-state index in [4.69, 9.17) is 17.3 Å². The molecule has 1 fully saturated rings. The van der Waals surface area contributed by atoms with Crippen LogP contribution in [0.25, 0.3) is 0 Å². The summed E-state index contributed by atoms with van der Waals surface area (Å²) in [6.45, 7) is 2.88. The van der Waals surface area contributed by atoms with Crippen LogP contribution in [0.3, 0.4) is 0 Å². The first-order chi connectivity index (χ1) is 13.0. The van der Waals surface area contributed by atoms with Crippen molar-refractivity contribution in [2.75, 3.05) is 13.2 Å². The van der Waals surface area contributed by atoms with Gasteiger partial charge in [0.05, 0.1) is 17.2 Å². The van der Waals surface area contributed by atoms with Gasteiger partial charge in [-0.15, -0.1) is 0 Å². The van der Waals surface area contributed by atoms with E-state index in [2.05, 4.69) is 0 Å². The van der Waals surface area contributed by atoms with Gasteiger partial charge in [-0.1, -0.05) is 31.9 Å². The normalized spacial score (nSPS) is 27.4. The first kappa shape index (κ1) is 20.0. The maximum Gasteiger partial charge on any atom is 0.261 e. The highest BCUT2D eigenvalue weighted by Crippen LogP contribution is 2.25. The van der Waals surface area contributed by atoms with E-state index in [0.717, 1.165) is 25.7 Å². The van der Waals surface area contributed by atoms with Crippen LogP contribution < -0.4 is 0 Å². The van der Waals surface area contributed by atoms with Crippen LogP contribution in [-0.2, 0) is 9.47 Å². The first-order valence-corrected chi connectivity index (χ1v) is 9.70. The molecule has 144 valence electrons. The Labute approximate surface area is 161 Å². The molecule has 0 spiro atoms. The number of carbonyl (C=O) groups excluding carboxylic acids is 2. The number of aliphatic hydroxyl groups excluding tert-OH is 1. The Balaban J connectivity index is 1.32. The number of imide groups is 1. The van der Waals surface area contributed by atoms with Crippen molar-refractivity contribution in [1.82, 2.24) is 4.90 Å². The first-order valence-electron chi connectivity index (χ1n) is 9.70. The maximum absolute atomic E-state index is 12.3. The second-order valence-electron chi connectivity index (χ2n) is 7.10. The number of amides is 2. The zero-order chi connectivity index (χ0) is 19.4. The van der Waals surface area contributed by atoms with Crippen molar-refractivity contribution in [3.8, 4) is 0 Å². The van der Waals surface area contributed by atoms with E-state index in [1.807, 2.05) is 6.92 Å². The summed E-state index contributed by atoms with van der Waals surface area (Å²) in [7, 11) is 5.85. The Bertz CT molecular complexity index is 647. The van der Waals surface area contributed by atoms with E-state index >= 15 is 0 Å². The van der Waals surface area contributed by atoms with Gasteiger partial charge < -0.3 is 14.6 Å². The number of benzene rings is 1. The average Bonchev–Trinajstić information content (AvgIpc) is 3.09. The molecule has 0 bridgehead atoms. The molecule has 0 aliphatic carbocycles. The molecular formula is C20H26BNO5. The zero-order valence-electron chi connectivity index (χ0n) is 15.7. The fraction of sp³-hybridized carbons (Fsp3) is 0.600. The monoisotopic (exact) mass is 371 g/mol. The van der Waals surface area contributed by atoms with E-state index in [1.165, 1.54) is 4.90 Å². The summed E-state index contributed by atoms with van der Waals surface area (Å²) in [4.78, 5) is 25.9. The molecule has 1 unspecified atom stereocenters. The summed E-state index contributed by atoms with van der Waals surface area (Å²) in [5.74, 6) is -0.401. The number of hydrogen-bond donors (Lipinski definition) is 1. The van der Waals surface area contributed by atoms with Crippen LogP contribution in [0.2, 0.25) is 0 Å². The van der Waals surface area contributed by atoms with E-state index in [1.54, 1.807) is 24.3 Å². The van der Waals surface area contributed by atoms with Crippen LogP contribution in [0.15, 0.2) is 24.3 Å². The molecule has 7 heteroatoms. The summed E-state index contributed by atoms with van der Waals surface area (Å²) >= 11 is 0. The highest BCUT2D eigenvalue weighted by molar-refractivity contribution is 6.21. The lowest BCUT2D eigenvalue weighted by molar-refractivity contribution is -0.0233. The lowest BCUT2D eigenvalue weighted by atomic mass is 9.92. The Morgan fingerprint density at radius 3 is 2.33 bits per heavy atom. The third-order valence-electron chi connectivity index (χ3n) is 5.24. The topological polar surface area (TPSA) is 76.1 Å². The maximum atomic E-state index is 12.3. The number of hydrogen-bond acceptors (Lipinski definition) is 5. The van der Waals surface area contributed by atoms with Crippen molar-refractivity contribution in [2.24, 2.45) is 0 Å². The summed E-state index contributed by atoms with van der Waals surface area (Å²) in [5, 5.41) is 10.1. The molecule has 0 saturated carbocycles. The molecule has 6 nitrogen and oxygen atoms in total. The van der Waals surface area contributed by atoms with Crippen molar-refractivity contribution in [3.63, 3.8) is 0 Å². The van der Waals surface area contributed by atoms with E-state index < -0.39 is 18.2 Å². The molecule has 4 atom stereocenters. The van der Waals surface area contributed by atoms with Gasteiger partial charge in [0.15, 0.2) is 0 Å². The van der Waals surface area contributed by atoms with Gasteiger partial charge in [-0.25, -0.2) is 0 Å². The second kappa shape index (κ2) is 9.00. The Morgan fingerprint density at radius 1 is 1.11 bits per heavy atom. The molecular weight excluding hydrogens is 345 g/mol. The van der Waals surface area contributed by atoms with E-state index in [9.17, 15) is 14.7 Å². The summed E-state index contributed by atoms with van der Waals surface area (Å²) < 4.78 is 11.2.